The molecule has 17 heteroatoms. The smallest absolute Gasteiger partial charge is 0.390 e. The van der Waals surface area contributed by atoms with E-state index in [1.165, 1.54) is 49.8 Å². The Morgan fingerprint density at radius 3 is 2.35 bits per heavy atom. The molecule has 2 aromatic carbocycles. The molecule has 0 bridgehead atoms. The number of halogens is 6. The number of nitrogens with two attached hydrogens (primary N) is 2. The van der Waals surface area contributed by atoms with E-state index in [0.717, 1.165) is 11.2 Å². The number of carbonyl (C=O) groups excluding carboxylic acids is 1. The second kappa shape index (κ2) is 14.0. The first-order valence-electron chi connectivity index (χ1n) is 13.3. The molecule has 1 aromatic heterocycles. The summed E-state index contributed by atoms with van der Waals surface area (Å²) >= 11 is 6.27. The van der Waals surface area contributed by atoms with Crippen molar-refractivity contribution in [2.45, 2.75) is 37.2 Å². The Balaban J connectivity index is 1.79. The monoisotopic (exact) mass is 661 g/mol. The van der Waals surface area contributed by atoms with E-state index >= 15 is 0 Å². The Hall–Kier alpha value is -5.01. The Morgan fingerprint density at radius 2 is 1.83 bits per heavy atom. The SMILES string of the molecule is CN=C(N)N(C(=O)c1ccc(-c2cnc(C#N)nc2)cc1)C(COC1(C(F)(F)F)CC1)c1ccc(Cl)c(/C(N=CN)=N\C(F)F)c1. The van der Waals surface area contributed by atoms with Gasteiger partial charge in [-0.15, -0.1) is 0 Å². The van der Waals surface area contributed by atoms with E-state index in [9.17, 15) is 26.7 Å². The number of ether oxygens (including phenoxy) is 1. The Morgan fingerprint density at radius 1 is 1.17 bits per heavy atom. The molecule has 0 radical (unpaired) electrons. The topological polar surface area (TPSA) is 168 Å². The van der Waals surface area contributed by atoms with Crippen LogP contribution in [0.5, 0.6) is 0 Å². The van der Waals surface area contributed by atoms with Crippen molar-refractivity contribution in [3.63, 3.8) is 0 Å². The van der Waals surface area contributed by atoms with Crippen molar-refractivity contribution in [1.82, 2.24) is 14.9 Å². The lowest BCUT2D eigenvalue weighted by Gasteiger charge is -2.33. The first kappa shape index (κ1) is 33.9. The summed E-state index contributed by atoms with van der Waals surface area (Å²) in [6.07, 6.45) is -1.71. The van der Waals surface area contributed by atoms with Gasteiger partial charge in [0.15, 0.2) is 17.4 Å². The van der Waals surface area contributed by atoms with E-state index in [-0.39, 0.29) is 46.3 Å². The highest BCUT2D eigenvalue weighted by atomic mass is 35.5. The minimum atomic E-state index is -4.69. The zero-order valence-electron chi connectivity index (χ0n) is 23.9. The number of hydrogen-bond donors (Lipinski definition) is 2. The van der Waals surface area contributed by atoms with Crippen LogP contribution in [0.25, 0.3) is 11.1 Å². The normalized spacial score (nSPS) is 15.5. The fourth-order valence-electron chi connectivity index (χ4n) is 4.43. The minimum absolute atomic E-state index is 0.0277. The highest BCUT2D eigenvalue weighted by Gasteiger charge is 2.65. The number of carbonyl (C=O) groups is 1. The van der Waals surface area contributed by atoms with Gasteiger partial charge < -0.3 is 16.2 Å². The van der Waals surface area contributed by atoms with Gasteiger partial charge in [0, 0.05) is 36.1 Å². The van der Waals surface area contributed by atoms with Crippen LogP contribution in [0.3, 0.4) is 0 Å². The summed E-state index contributed by atoms with van der Waals surface area (Å²) in [6.45, 7) is -3.91. The molecular weight excluding hydrogens is 637 g/mol. The number of rotatable bonds is 9. The first-order valence-corrected chi connectivity index (χ1v) is 13.7. The molecule has 1 unspecified atom stereocenters. The van der Waals surface area contributed by atoms with Crippen LogP contribution in [0, 0.1) is 11.3 Å². The zero-order chi connectivity index (χ0) is 33.6. The Bertz CT molecular complexity index is 1700. The summed E-state index contributed by atoms with van der Waals surface area (Å²) in [5.74, 6) is -1.73. The van der Waals surface area contributed by atoms with Gasteiger partial charge >= 0.3 is 12.7 Å². The lowest BCUT2D eigenvalue weighted by atomic mass is 10.0. The number of benzene rings is 2. The van der Waals surface area contributed by atoms with Crippen molar-refractivity contribution >= 4 is 35.6 Å². The molecular formula is C29H25ClF5N9O2. The summed E-state index contributed by atoms with van der Waals surface area (Å²) in [4.78, 5) is 33.5. The van der Waals surface area contributed by atoms with E-state index in [4.69, 9.17) is 33.1 Å². The molecule has 4 N–H and O–H groups in total. The highest BCUT2D eigenvalue weighted by Crippen LogP contribution is 2.52. The molecule has 46 heavy (non-hydrogen) atoms. The molecule has 1 aliphatic rings. The second-order valence-corrected chi connectivity index (χ2v) is 10.2. The van der Waals surface area contributed by atoms with Crippen LogP contribution in [-0.2, 0) is 4.74 Å². The second-order valence-electron chi connectivity index (χ2n) is 9.81. The summed E-state index contributed by atoms with van der Waals surface area (Å²) in [5.41, 5.74) is 10.2. The van der Waals surface area contributed by atoms with Crippen LogP contribution in [-0.4, -0.2) is 70.9 Å². The fourth-order valence-corrected chi connectivity index (χ4v) is 4.63. The molecule has 240 valence electrons. The Labute approximate surface area is 264 Å². The summed E-state index contributed by atoms with van der Waals surface area (Å²) < 4.78 is 73.4. The molecule has 1 heterocycles. The summed E-state index contributed by atoms with van der Waals surface area (Å²) in [5, 5.41) is 8.84. The zero-order valence-corrected chi connectivity index (χ0v) is 24.7. The number of guanidine groups is 1. The quantitative estimate of drug-likeness (QED) is 0.143. The maximum Gasteiger partial charge on any atom is 0.417 e. The number of amidine groups is 1. The number of aromatic nitrogens is 2. The van der Waals surface area contributed by atoms with Crippen molar-refractivity contribution in [2.75, 3.05) is 13.7 Å². The number of hydrogen-bond acceptors (Lipinski definition) is 7. The molecule has 1 atom stereocenters. The number of nitrogens with zero attached hydrogens (tertiary/aromatic N) is 7. The summed E-state index contributed by atoms with van der Waals surface area (Å²) in [6, 6.07) is 10.4. The first-order chi connectivity index (χ1) is 21.8. The molecule has 1 amide bonds. The van der Waals surface area contributed by atoms with E-state index in [1.807, 2.05) is 6.07 Å². The molecule has 0 spiro atoms. The van der Waals surface area contributed by atoms with Gasteiger partial charge in [0.2, 0.25) is 5.82 Å². The fraction of sp³-hybridized carbons (Fsp3) is 0.276. The molecule has 0 aliphatic heterocycles. The molecule has 3 aromatic rings. The third kappa shape index (κ3) is 7.44. The van der Waals surface area contributed by atoms with Gasteiger partial charge in [0.25, 0.3) is 5.91 Å². The van der Waals surface area contributed by atoms with Crippen molar-refractivity contribution in [3.8, 4) is 17.2 Å². The minimum Gasteiger partial charge on any atom is -0.390 e. The predicted molar refractivity (Wildman–Crippen MR) is 159 cm³/mol. The molecule has 0 saturated heterocycles. The maximum atomic E-state index is 14.0. The van der Waals surface area contributed by atoms with E-state index in [2.05, 4.69) is 24.9 Å². The van der Waals surface area contributed by atoms with Gasteiger partial charge in [0.05, 0.1) is 24.0 Å². The van der Waals surface area contributed by atoms with Crippen molar-refractivity contribution in [2.24, 2.45) is 26.4 Å². The standard InChI is InChI=1S/C29H25ClF5N9O2/c1-39-27(38)44(25(45)17-4-2-16(3-5-17)19-12-40-23(11-36)41-13-19)22(14-46-28(8-9-28)29(33,34)35)18-6-7-21(30)20(10-18)24(42-15-37)43-26(31)32/h2-7,10,12-13,15,22,26H,8-9,14H2,1H3,(H2,38,39)(H2,37,42,43). The van der Waals surface area contributed by atoms with Crippen LogP contribution < -0.4 is 11.5 Å². The highest BCUT2D eigenvalue weighted by molar-refractivity contribution is 6.34. The van der Waals surface area contributed by atoms with Crippen molar-refractivity contribution in [1.29, 1.82) is 5.26 Å². The third-order valence-electron chi connectivity index (χ3n) is 6.99. The molecule has 1 aliphatic carbocycles. The molecule has 1 saturated carbocycles. The molecule has 1 fully saturated rings. The van der Waals surface area contributed by atoms with Crippen LogP contribution in [0.1, 0.15) is 46.2 Å². The van der Waals surface area contributed by atoms with Gasteiger partial charge in [-0.25, -0.2) is 15.0 Å². The van der Waals surface area contributed by atoms with Gasteiger partial charge in [-0.3, -0.25) is 14.7 Å². The summed E-state index contributed by atoms with van der Waals surface area (Å²) in [7, 11) is 1.27. The predicted octanol–water partition coefficient (Wildman–Crippen LogP) is 4.86. The average Bonchev–Trinajstić information content (AvgIpc) is 3.84. The lowest BCUT2D eigenvalue weighted by molar-refractivity contribution is -0.238. The molecule has 4 rings (SSSR count). The van der Waals surface area contributed by atoms with Crippen molar-refractivity contribution < 1.29 is 31.5 Å². The van der Waals surface area contributed by atoms with E-state index in [0.29, 0.717) is 11.1 Å². The Kier molecular flexibility index (Phi) is 10.3. The van der Waals surface area contributed by atoms with Crippen LogP contribution in [0.15, 0.2) is 69.8 Å². The largest absolute Gasteiger partial charge is 0.417 e. The number of alkyl halides is 5. The van der Waals surface area contributed by atoms with Gasteiger partial charge in [-0.05, 0) is 48.2 Å². The third-order valence-corrected chi connectivity index (χ3v) is 7.32. The number of aliphatic imine (C=N–C) groups is 3. The average molecular weight is 662 g/mol. The van der Waals surface area contributed by atoms with Gasteiger partial charge in [0.1, 0.15) is 6.07 Å². The van der Waals surface area contributed by atoms with Crippen molar-refractivity contribution in [3.05, 3.63) is 82.4 Å². The lowest BCUT2D eigenvalue weighted by Crippen LogP contribution is -2.47. The number of amides is 1. The van der Waals surface area contributed by atoms with E-state index in [1.54, 1.807) is 12.1 Å². The molecule has 11 nitrogen and oxygen atoms in total. The van der Waals surface area contributed by atoms with E-state index < -0.39 is 42.7 Å². The van der Waals surface area contributed by atoms with Gasteiger partial charge in [-0.1, -0.05) is 29.8 Å². The van der Waals surface area contributed by atoms with Crippen LogP contribution >= 0.6 is 11.6 Å². The van der Waals surface area contributed by atoms with Crippen LogP contribution in [0.2, 0.25) is 5.02 Å². The maximum absolute atomic E-state index is 14.0. The number of nitriles is 1. The van der Waals surface area contributed by atoms with Crippen LogP contribution in [0.4, 0.5) is 22.0 Å². The van der Waals surface area contributed by atoms with Gasteiger partial charge in [-0.2, -0.15) is 32.2 Å².